The Hall–Kier alpha value is -2.40. The van der Waals surface area contributed by atoms with Gasteiger partial charge in [0.15, 0.2) is 0 Å². The van der Waals surface area contributed by atoms with Crippen LogP contribution in [0.25, 0.3) is 0 Å². The first-order valence-electron chi connectivity index (χ1n) is 6.06. The summed E-state index contributed by atoms with van der Waals surface area (Å²) < 4.78 is 13.7. The largest absolute Gasteiger partial charge is 0.478 e. The Morgan fingerprint density at radius 1 is 1.15 bits per heavy atom. The fourth-order valence-electron chi connectivity index (χ4n) is 1.91. The maximum atomic E-state index is 13.7. The Morgan fingerprint density at radius 2 is 1.85 bits per heavy atom. The van der Waals surface area contributed by atoms with Gasteiger partial charge in [0.2, 0.25) is 0 Å². The zero-order valence-electron chi connectivity index (χ0n) is 10.6. The van der Waals surface area contributed by atoms with Crippen LogP contribution in [0.4, 0.5) is 10.1 Å². The van der Waals surface area contributed by atoms with Crippen molar-refractivity contribution in [2.45, 2.75) is 13.2 Å². The van der Waals surface area contributed by atoms with Gasteiger partial charge in [-0.15, -0.1) is 0 Å². The van der Waals surface area contributed by atoms with Gasteiger partial charge in [-0.1, -0.05) is 30.3 Å². The Bertz CT molecular complexity index is 628. The first-order valence-corrected chi connectivity index (χ1v) is 6.06. The van der Waals surface area contributed by atoms with Crippen LogP contribution >= 0.6 is 0 Å². The molecule has 0 saturated carbocycles. The molecule has 2 rings (SSSR count). The van der Waals surface area contributed by atoms with Gasteiger partial charge in [0.25, 0.3) is 0 Å². The first-order chi connectivity index (χ1) is 9.61. The number of carboxylic acids is 1. The highest BCUT2D eigenvalue weighted by Crippen LogP contribution is 2.21. The number of para-hydroxylation sites is 1. The molecule has 0 aliphatic rings. The van der Waals surface area contributed by atoms with Crippen molar-refractivity contribution in [1.29, 1.82) is 0 Å². The molecule has 3 N–H and O–H groups in total. The third-order valence-electron chi connectivity index (χ3n) is 2.89. The number of aromatic carboxylic acids is 1. The third-order valence-corrected chi connectivity index (χ3v) is 2.89. The van der Waals surface area contributed by atoms with Crippen LogP contribution in [0.1, 0.15) is 21.5 Å². The summed E-state index contributed by atoms with van der Waals surface area (Å²) in [5.41, 5.74) is 1.44. The summed E-state index contributed by atoms with van der Waals surface area (Å²) in [6.45, 7) is 0.197. The molecule has 0 atom stereocenters. The van der Waals surface area contributed by atoms with Gasteiger partial charge in [-0.3, -0.25) is 0 Å². The maximum absolute atomic E-state index is 13.7. The lowest BCUT2D eigenvalue weighted by atomic mass is 10.1. The normalized spacial score (nSPS) is 10.3. The smallest absolute Gasteiger partial charge is 0.337 e. The number of nitrogens with one attached hydrogen (secondary N) is 1. The van der Waals surface area contributed by atoms with E-state index >= 15 is 0 Å². The second-order valence-corrected chi connectivity index (χ2v) is 4.30. The molecule has 0 saturated heterocycles. The van der Waals surface area contributed by atoms with Crippen LogP contribution < -0.4 is 5.32 Å². The number of aliphatic hydroxyl groups is 1. The quantitative estimate of drug-likeness (QED) is 0.784. The molecule has 2 aromatic carbocycles. The fourth-order valence-corrected chi connectivity index (χ4v) is 1.91. The number of aliphatic hydroxyl groups excluding tert-OH is 1. The predicted molar refractivity (Wildman–Crippen MR) is 73.1 cm³/mol. The Balaban J connectivity index is 2.20. The molecule has 0 fully saturated rings. The summed E-state index contributed by atoms with van der Waals surface area (Å²) in [5.74, 6) is -1.79. The molecular weight excluding hydrogens is 261 g/mol. The minimum Gasteiger partial charge on any atom is -0.478 e. The van der Waals surface area contributed by atoms with Crippen molar-refractivity contribution in [3.63, 3.8) is 0 Å². The van der Waals surface area contributed by atoms with Gasteiger partial charge in [0.05, 0.1) is 17.9 Å². The standard InChI is InChI=1S/C15H14FNO3/c16-13-6-2-5-12(15(19)20)14(13)17-8-10-3-1-4-11(7-10)9-18/h1-7,17-18H,8-9H2,(H,19,20). The second-order valence-electron chi connectivity index (χ2n) is 4.30. The van der Waals surface area contributed by atoms with Crippen LogP contribution in [0.5, 0.6) is 0 Å². The number of carboxylic acid groups (broad SMARTS) is 1. The lowest BCUT2D eigenvalue weighted by molar-refractivity contribution is 0.0697. The molecule has 4 nitrogen and oxygen atoms in total. The van der Waals surface area contributed by atoms with E-state index in [2.05, 4.69) is 5.32 Å². The Kier molecular flexibility index (Phi) is 4.32. The summed E-state index contributed by atoms with van der Waals surface area (Å²) in [7, 11) is 0. The summed E-state index contributed by atoms with van der Waals surface area (Å²) in [5, 5.41) is 20.9. The van der Waals surface area contributed by atoms with E-state index in [0.29, 0.717) is 0 Å². The van der Waals surface area contributed by atoms with Crippen LogP contribution in [0.15, 0.2) is 42.5 Å². The highest BCUT2D eigenvalue weighted by molar-refractivity contribution is 5.94. The van der Waals surface area contributed by atoms with Crippen molar-refractivity contribution in [1.82, 2.24) is 0 Å². The van der Waals surface area contributed by atoms with Crippen LogP contribution in [-0.2, 0) is 13.2 Å². The number of rotatable bonds is 5. The average Bonchev–Trinajstić information content (AvgIpc) is 2.45. The molecule has 0 heterocycles. The monoisotopic (exact) mass is 275 g/mol. The topological polar surface area (TPSA) is 69.6 Å². The van der Waals surface area contributed by atoms with E-state index in [1.165, 1.54) is 18.2 Å². The Morgan fingerprint density at radius 3 is 2.55 bits per heavy atom. The third kappa shape index (κ3) is 3.13. The van der Waals surface area contributed by atoms with Crippen molar-refractivity contribution < 1.29 is 19.4 Å². The van der Waals surface area contributed by atoms with E-state index in [-0.39, 0.29) is 24.4 Å². The van der Waals surface area contributed by atoms with Crippen LogP contribution in [0.3, 0.4) is 0 Å². The SMILES string of the molecule is O=C(O)c1cccc(F)c1NCc1cccc(CO)c1. The summed E-state index contributed by atoms with van der Waals surface area (Å²) in [6, 6.07) is 11.0. The highest BCUT2D eigenvalue weighted by atomic mass is 19.1. The van der Waals surface area contributed by atoms with E-state index in [9.17, 15) is 9.18 Å². The maximum Gasteiger partial charge on any atom is 0.337 e. The highest BCUT2D eigenvalue weighted by Gasteiger charge is 2.13. The molecule has 0 amide bonds. The first kappa shape index (κ1) is 14.0. The lowest BCUT2D eigenvalue weighted by Gasteiger charge is -2.11. The van der Waals surface area contributed by atoms with Crippen molar-refractivity contribution >= 4 is 11.7 Å². The molecule has 0 bridgehead atoms. The number of hydrogen-bond acceptors (Lipinski definition) is 3. The van der Waals surface area contributed by atoms with Crippen molar-refractivity contribution in [3.05, 3.63) is 65.0 Å². The van der Waals surface area contributed by atoms with Crippen molar-refractivity contribution in [2.24, 2.45) is 0 Å². The molecule has 20 heavy (non-hydrogen) atoms. The van der Waals surface area contributed by atoms with Gasteiger partial charge >= 0.3 is 5.97 Å². The van der Waals surface area contributed by atoms with Crippen LogP contribution in [0.2, 0.25) is 0 Å². The predicted octanol–water partition coefficient (Wildman–Crippen LogP) is 2.63. The Labute approximate surface area is 115 Å². The van der Waals surface area contributed by atoms with E-state index < -0.39 is 11.8 Å². The molecule has 0 unspecified atom stereocenters. The molecule has 0 aliphatic heterocycles. The van der Waals surface area contributed by atoms with E-state index in [0.717, 1.165) is 11.1 Å². The zero-order valence-corrected chi connectivity index (χ0v) is 10.6. The fraction of sp³-hybridized carbons (Fsp3) is 0.133. The van der Waals surface area contributed by atoms with E-state index in [1.54, 1.807) is 18.2 Å². The number of carbonyl (C=O) groups is 1. The summed E-state index contributed by atoms with van der Waals surface area (Å²) in [4.78, 5) is 11.0. The molecule has 104 valence electrons. The number of hydrogen-bond donors (Lipinski definition) is 3. The zero-order chi connectivity index (χ0) is 14.5. The van der Waals surface area contributed by atoms with Crippen molar-refractivity contribution in [3.8, 4) is 0 Å². The minimum absolute atomic E-state index is 0.0330. The second kappa shape index (κ2) is 6.16. The van der Waals surface area contributed by atoms with Crippen molar-refractivity contribution in [2.75, 3.05) is 5.32 Å². The number of halogens is 1. The molecule has 0 aromatic heterocycles. The lowest BCUT2D eigenvalue weighted by Crippen LogP contribution is -2.08. The van der Waals surface area contributed by atoms with E-state index in [4.69, 9.17) is 10.2 Å². The van der Waals surface area contributed by atoms with Gasteiger partial charge < -0.3 is 15.5 Å². The van der Waals surface area contributed by atoms with Gasteiger partial charge in [-0.2, -0.15) is 0 Å². The molecular formula is C15H14FNO3. The van der Waals surface area contributed by atoms with Gasteiger partial charge in [-0.25, -0.2) is 9.18 Å². The molecule has 0 spiro atoms. The van der Waals surface area contributed by atoms with E-state index in [1.807, 2.05) is 6.07 Å². The summed E-state index contributed by atoms with van der Waals surface area (Å²) >= 11 is 0. The van der Waals surface area contributed by atoms with Gasteiger partial charge in [0.1, 0.15) is 5.82 Å². The van der Waals surface area contributed by atoms with Crippen LogP contribution in [0, 0.1) is 5.82 Å². The number of anilines is 1. The average molecular weight is 275 g/mol. The summed E-state index contributed by atoms with van der Waals surface area (Å²) in [6.07, 6.45) is 0. The molecule has 0 radical (unpaired) electrons. The van der Waals surface area contributed by atoms with Gasteiger partial charge in [0, 0.05) is 6.54 Å². The van der Waals surface area contributed by atoms with Crippen LogP contribution in [-0.4, -0.2) is 16.2 Å². The number of benzene rings is 2. The molecule has 5 heteroatoms. The molecule has 2 aromatic rings. The van der Waals surface area contributed by atoms with Gasteiger partial charge in [-0.05, 0) is 23.3 Å². The minimum atomic E-state index is -1.18. The molecule has 0 aliphatic carbocycles.